The first-order valence-electron chi connectivity index (χ1n) is 9.31. The van der Waals surface area contributed by atoms with Crippen LogP contribution < -0.4 is 0 Å². The number of halogens is 4. The minimum atomic E-state index is -5.08. The molecule has 2 aliphatic rings. The van der Waals surface area contributed by atoms with E-state index in [2.05, 4.69) is 62.1 Å². The van der Waals surface area contributed by atoms with Crippen LogP contribution in [0.4, 0.5) is 13.2 Å². The summed E-state index contributed by atoms with van der Waals surface area (Å²) >= 11 is 3.47. The van der Waals surface area contributed by atoms with Crippen LogP contribution in [-0.4, -0.2) is 58.6 Å². The molecule has 1 atom stereocenters. The summed E-state index contributed by atoms with van der Waals surface area (Å²) in [6.45, 7) is 3.69. The summed E-state index contributed by atoms with van der Waals surface area (Å²) in [5.74, 6) is -2.57. The molecule has 0 aliphatic carbocycles. The van der Waals surface area contributed by atoms with E-state index >= 15 is 0 Å². The van der Waals surface area contributed by atoms with E-state index in [1.807, 2.05) is 12.1 Å². The highest BCUT2D eigenvalue weighted by Gasteiger charge is 2.38. The molecule has 2 heterocycles. The quantitative estimate of drug-likeness (QED) is 0.700. The molecule has 2 aliphatic heterocycles. The fourth-order valence-electron chi connectivity index (χ4n) is 3.68. The van der Waals surface area contributed by atoms with E-state index in [1.165, 1.54) is 11.1 Å². The van der Waals surface area contributed by atoms with E-state index < -0.39 is 12.1 Å². The maximum absolute atomic E-state index is 12.8. The maximum Gasteiger partial charge on any atom is 0.490 e. The average molecular weight is 485 g/mol. The second-order valence-electron chi connectivity index (χ2n) is 7.18. The summed E-state index contributed by atoms with van der Waals surface area (Å²) in [6, 6.07) is 17.0. The van der Waals surface area contributed by atoms with Crippen LogP contribution >= 0.6 is 15.9 Å². The van der Waals surface area contributed by atoms with Crippen LogP contribution in [0.5, 0.6) is 0 Å². The second-order valence-corrected chi connectivity index (χ2v) is 8.10. The number of aliphatic carboxylic acids is 1. The van der Waals surface area contributed by atoms with Gasteiger partial charge in [0.1, 0.15) is 0 Å². The van der Waals surface area contributed by atoms with Crippen LogP contribution in [0.1, 0.15) is 21.5 Å². The van der Waals surface area contributed by atoms with E-state index in [0.717, 1.165) is 42.6 Å². The normalized spacial score (nSPS) is 18.7. The van der Waals surface area contributed by atoms with Crippen molar-refractivity contribution < 1.29 is 27.9 Å². The van der Waals surface area contributed by atoms with Crippen molar-refractivity contribution >= 4 is 27.8 Å². The summed E-state index contributed by atoms with van der Waals surface area (Å²) in [5.41, 5.74) is 3.39. The molecular weight excluding hydrogens is 465 g/mol. The molecule has 0 bridgehead atoms. The minimum Gasteiger partial charge on any atom is -0.475 e. The zero-order valence-electron chi connectivity index (χ0n) is 15.9. The van der Waals surface area contributed by atoms with Crippen molar-refractivity contribution in [2.45, 2.75) is 25.2 Å². The van der Waals surface area contributed by atoms with Crippen LogP contribution in [0, 0.1) is 0 Å². The molecule has 0 saturated carbocycles. The number of rotatable bonds is 2. The number of carbonyl (C=O) groups excluding carboxylic acids is 1. The molecule has 0 aromatic heterocycles. The van der Waals surface area contributed by atoms with Gasteiger partial charge in [-0.2, -0.15) is 13.2 Å². The van der Waals surface area contributed by atoms with Gasteiger partial charge in [-0.25, -0.2) is 4.79 Å². The van der Waals surface area contributed by atoms with Crippen molar-refractivity contribution in [1.82, 2.24) is 9.80 Å². The molecule has 2 aromatic carbocycles. The molecule has 1 amide bonds. The Morgan fingerprint density at radius 2 is 1.80 bits per heavy atom. The lowest BCUT2D eigenvalue weighted by atomic mass is 9.91. The number of carboxylic acid groups (broad SMARTS) is 1. The Hall–Kier alpha value is -2.39. The Kier molecular flexibility index (Phi) is 6.82. The standard InChI is InChI=1S/C19H19BrN2O.C2HF3O2/c20-16-7-6-15-10-17-13-21(12-14-4-2-1-3-5-14)8-9-22(17)19(23)18(15)11-16;3-2(4,5)1(6)7/h1-7,11,17H,8-10,12-13H2;(H,6,7)/t17-;/m1./s1. The molecular formula is C21H20BrF3N2O3. The monoisotopic (exact) mass is 484 g/mol. The number of piperazine rings is 1. The number of alkyl halides is 3. The van der Waals surface area contributed by atoms with E-state index in [0.29, 0.717) is 6.04 Å². The lowest BCUT2D eigenvalue weighted by molar-refractivity contribution is -0.192. The molecule has 30 heavy (non-hydrogen) atoms. The summed E-state index contributed by atoms with van der Waals surface area (Å²) in [4.78, 5) is 26.2. The average Bonchev–Trinajstić information content (AvgIpc) is 2.69. The fourth-order valence-corrected chi connectivity index (χ4v) is 4.04. The Balaban J connectivity index is 0.000000318. The highest BCUT2D eigenvalue weighted by atomic mass is 79.9. The van der Waals surface area contributed by atoms with Gasteiger partial charge in [0.05, 0.1) is 0 Å². The van der Waals surface area contributed by atoms with E-state index in [-0.39, 0.29) is 5.91 Å². The highest BCUT2D eigenvalue weighted by Crippen LogP contribution is 2.28. The summed E-state index contributed by atoms with van der Waals surface area (Å²) in [5, 5.41) is 7.12. The number of carboxylic acids is 1. The number of hydrogen-bond donors (Lipinski definition) is 1. The second kappa shape index (κ2) is 9.18. The first-order chi connectivity index (χ1) is 14.1. The number of fused-ring (bicyclic) bond motifs is 2. The maximum atomic E-state index is 12.8. The van der Waals surface area contributed by atoms with Crippen molar-refractivity contribution in [2.75, 3.05) is 19.6 Å². The zero-order chi connectivity index (χ0) is 21.9. The molecule has 9 heteroatoms. The Morgan fingerprint density at radius 3 is 2.43 bits per heavy atom. The molecule has 5 nitrogen and oxygen atoms in total. The van der Waals surface area contributed by atoms with Crippen molar-refractivity contribution in [1.29, 1.82) is 0 Å². The van der Waals surface area contributed by atoms with Crippen molar-refractivity contribution in [2.24, 2.45) is 0 Å². The van der Waals surface area contributed by atoms with Crippen LogP contribution in [0.3, 0.4) is 0 Å². The largest absolute Gasteiger partial charge is 0.490 e. The lowest BCUT2D eigenvalue weighted by Crippen LogP contribution is -2.57. The SMILES string of the molecule is O=C(O)C(F)(F)F.O=C1c2cc(Br)ccc2C[C@@H]2CN(Cc3ccccc3)CCN12. The number of hydrogen-bond acceptors (Lipinski definition) is 3. The molecule has 2 aromatic rings. The van der Waals surface area contributed by atoms with Crippen molar-refractivity contribution in [3.63, 3.8) is 0 Å². The van der Waals surface area contributed by atoms with Gasteiger partial charge >= 0.3 is 12.1 Å². The zero-order valence-corrected chi connectivity index (χ0v) is 17.5. The van der Waals surface area contributed by atoms with Gasteiger partial charge in [0.2, 0.25) is 0 Å². The Morgan fingerprint density at radius 1 is 1.13 bits per heavy atom. The van der Waals surface area contributed by atoms with E-state index in [4.69, 9.17) is 9.90 Å². The van der Waals surface area contributed by atoms with E-state index in [9.17, 15) is 18.0 Å². The lowest BCUT2D eigenvalue weighted by Gasteiger charge is -2.44. The van der Waals surface area contributed by atoms with Crippen LogP contribution in [0.2, 0.25) is 0 Å². The molecule has 0 radical (unpaired) electrons. The van der Waals surface area contributed by atoms with Gasteiger partial charge in [0.25, 0.3) is 5.91 Å². The van der Waals surface area contributed by atoms with Gasteiger partial charge in [-0.05, 0) is 29.7 Å². The molecule has 0 unspecified atom stereocenters. The van der Waals surface area contributed by atoms with E-state index in [1.54, 1.807) is 0 Å². The molecule has 1 fully saturated rings. The van der Waals surface area contributed by atoms with Crippen LogP contribution in [0.25, 0.3) is 0 Å². The first-order valence-corrected chi connectivity index (χ1v) is 10.1. The number of carbonyl (C=O) groups is 2. The number of benzene rings is 2. The third-order valence-electron chi connectivity index (χ3n) is 5.08. The molecule has 0 spiro atoms. The molecule has 160 valence electrons. The van der Waals surface area contributed by atoms with Gasteiger partial charge in [-0.1, -0.05) is 52.3 Å². The number of nitrogens with zero attached hydrogens (tertiary/aromatic N) is 2. The predicted molar refractivity (Wildman–Crippen MR) is 108 cm³/mol. The smallest absolute Gasteiger partial charge is 0.475 e. The molecule has 4 rings (SSSR count). The van der Waals surface area contributed by atoms with Crippen molar-refractivity contribution in [3.05, 3.63) is 69.7 Å². The third kappa shape index (κ3) is 5.40. The van der Waals surface area contributed by atoms with Gasteiger partial charge in [-0.15, -0.1) is 0 Å². The molecule has 1 N–H and O–H groups in total. The summed E-state index contributed by atoms with van der Waals surface area (Å²) in [6.07, 6.45) is -4.13. The fraction of sp³-hybridized carbons (Fsp3) is 0.333. The summed E-state index contributed by atoms with van der Waals surface area (Å²) in [7, 11) is 0. The Labute approximate surface area is 180 Å². The first kappa shape index (κ1) is 22.3. The van der Waals surface area contributed by atoms with Crippen LogP contribution in [0.15, 0.2) is 53.0 Å². The predicted octanol–water partition coefficient (Wildman–Crippen LogP) is 3.97. The Bertz CT molecular complexity index is 921. The van der Waals surface area contributed by atoms with Gasteiger partial charge < -0.3 is 10.0 Å². The minimum absolute atomic E-state index is 0.192. The molecule has 1 saturated heterocycles. The highest BCUT2D eigenvalue weighted by molar-refractivity contribution is 9.10. The topological polar surface area (TPSA) is 60.9 Å². The van der Waals surface area contributed by atoms with Gasteiger partial charge in [0, 0.05) is 42.3 Å². The number of amides is 1. The third-order valence-corrected chi connectivity index (χ3v) is 5.57. The van der Waals surface area contributed by atoms with Crippen molar-refractivity contribution in [3.8, 4) is 0 Å². The van der Waals surface area contributed by atoms with Gasteiger partial charge in [0.15, 0.2) is 0 Å². The van der Waals surface area contributed by atoms with Crippen LogP contribution in [-0.2, 0) is 17.8 Å². The summed E-state index contributed by atoms with van der Waals surface area (Å²) < 4.78 is 32.7. The van der Waals surface area contributed by atoms with Gasteiger partial charge in [-0.3, -0.25) is 9.69 Å².